The molecule has 2 N–H and O–H groups in total. The van der Waals surface area contributed by atoms with E-state index in [1.54, 1.807) is 7.05 Å². The Labute approximate surface area is 58.3 Å². The molecule has 1 aromatic heterocycles. The first-order chi connectivity index (χ1) is 4.74. The molecule has 1 rings (SSSR count). The van der Waals surface area contributed by atoms with Crippen LogP contribution < -0.4 is 10.9 Å². The average molecular weight is 139 g/mol. The van der Waals surface area contributed by atoms with Gasteiger partial charge in [-0.1, -0.05) is 0 Å². The monoisotopic (exact) mass is 139 g/mol. The summed E-state index contributed by atoms with van der Waals surface area (Å²) in [5.74, 6) is 0.708. The van der Waals surface area contributed by atoms with Crippen LogP contribution in [-0.2, 0) is 0 Å². The van der Waals surface area contributed by atoms with Crippen molar-refractivity contribution >= 4 is 5.82 Å². The lowest BCUT2D eigenvalue weighted by molar-refractivity contribution is 0.976. The van der Waals surface area contributed by atoms with E-state index in [2.05, 4.69) is 15.5 Å². The molecular weight excluding hydrogens is 130 g/mol. The first-order valence-electron chi connectivity index (χ1n) is 2.98. The summed E-state index contributed by atoms with van der Waals surface area (Å²) in [6, 6.07) is 1.50. The van der Waals surface area contributed by atoms with E-state index < -0.39 is 0 Å². The second kappa shape index (κ2) is 2.51. The van der Waals surface area contributed by atoms with Gasteiger partial charge in [0, 0.05) is 13.1 Å². The fourth-order valence-corrected chi connectivity index (χ4v) is 0.750. The van der Waals surface area contributed by atoms with Gasteiger partial charge in [0.25, 0.3) is 5.56 Å². The Balaban J connectivity index is 3.19. The van der Waals surface area contributed by atoms with E-state index in [0.29, 0.717) is 5.82 Å². The van der Waals surface area contributed by atoms with Gasteiger partial charge in [0.15, 0.2) is 0 Å². The third-order valence-corrected chi connectivity index (χ3v) is 1.24. The van der Waals surface area contributed by atoms with E-state index in [1.165, 1.54) is 6.07 Å². The van der Waals surface area contributed by atoms with E-state index >= 15 is 0 Å². The summed E-state index contributed by atoms with van der Waals surface area (Å²) < 4.78 is 0. The summed E-state index contributed by atoms with van der Waals surface area (Å²) in [4.78, 5) is 10.6. The highest BCUT2D eigenvalue weighted by atomic mass is 16.1. The Morgan fingerprint density at radius 1 is 1.70 bits per heavy atom. The molecule has 0 radical (unpaired) electrons. The first-order valence-corrected chi connectivity index (χ1v) is 2.98. The zero-order chi connectivity index (χ0) is 7.56. The van der Waals surface area contributed by atoms with E-state index in [0.717, 1.165) is 5.56 Å². The van der Waals surface area contributed by atoms with Gasteiger partial charge in [-0.15, -0.1) is 0 Å². The van der Waals surface area contributed by atoms with Gasteiger partial charge in [0.2, 0.25) is 0 Å². The number of hydrogen-bond donors (Lipinski definition) is 2. The van der Waals surface area contributed by atoms with Crippen LogP contribution in [0.2, 0.25) is 0 Å². The molecule has 4 nitrogen and oxygen atoms in total. The Morgan fingerprint density at radius 2 is 2.40 bits per heavy atom. The number of aromatic amines is 1. The zero-order valence-corrected chi connectivity index (χ0v) is 5.93. The molecule has 0 spiro atoms. The Kier molecular flexibility index (Phi) is 1.71. The van der Waals surface area contributed by atoms with Gasteiger partial charge in [-0.25, -0.2) is 5.10 Å². The lowest BCUT2D eigenvalue weighted by atomic mass is 10.3. The largest absolute Gasteiger partial charge is 0.372 e. The highest BCUT2D eigenvalue weighted by Crippen LogP contribution is 2.02. The summed E-state index contributed by atoms with van der Waals surface area (Å²) in [6.45, 7) is 1.83. The molecule has 0 amide bonds. The number of hydrogen-bond acceptors (Lipinski definition) is 3. The van der Waals surface area contributed by atoms with Gasteiger partial charge in [-0.3, -0.25) is 4.79 Å². The van der Waals surface area contributed by atoms with Gasteiger partial charge < -0.3 is 5.32 Å². The molecule has 0 atom stereocenters. The molecule has 4 heteroatoms. The third kappa shape index (κ3) is 1.15. The summed E-state index contributed by atoms with van der Waals surface area (Å²) in [7, 11) is 1.76. The van der Waals surface area contributed by atoms with Gasteiger partial charge in [0.05, 0.1) is 0 Å². The zero-order valence-electron chi connectivity index (χ0n) is 5.93. The molecule has 0 fully saturated rings. The molecule has 0 aliphatic rings. The second-order valence-electron chi connectivity index (χ2n) is 2.01. The Bertz CT molecular complexity index is 279. The van der Waals surface area contributed by atoms with Gasteiger partial charge in [-0.2, -0.15) is 5.10 Å². The summed E-state index contributed by atoms with van der Waals surface area (Å²) >= 11 is 0. The molecule has 0 aliphatic carbocycles. The van der Waals surface area contributed by atoms with Crippen LogP contribution in [0.3, 0.4) is 0 Å². The molecule has 1 heterocycles. The summed E-state index contributed by atoms with van der Waals surface area (Å²) in [5, 5.41) is 8.91. The smallest absolute Gasteiger partial charge is 0.264 e. The number of aromatic nitrogens is 2. The normalized spacial score (nSPS) is 9.40. The molecule has 0 saturated heterocycles. The van der Waals surface area contributed by atoms with Crippen LogP contribution in [0, 0.1) is 6.92 Å². The van der Waals surface area contributed by atoms with Crippen LogP contribution in [-0.4, -0.2) is 17.2 Å². The highest BCUT2D eigenvalue weighted by Gasteiger charge is 1.95. The molecule has 1 aromatic rings. The fraction of sp³-hybridized carbons (Fsp3) is 0.333. The lowest BCUT2D eigenvalue weighted by Crippen LogP contribution is -2.09. The van der Waals surface area contributed by atoms with Crippen LogP contribution in [0.15, 0.2) is 10.9 Å². The number of H-pyrrole nitrogens is 1. The van der Waals surface area contributed by atoms with Gasteiger partial charge >= 0.3 is 0 Å². The molecule has 0 unspecified atom stereocenters. The van der Waals surface area contributed by atoms with Gasteiger partial charge in [-0.05, 0) is 12.5 Å². The molecule has 10 heavy (non-hydrogen) atoms. The maximum absolute atomic E-state index is 10.6. The summed E-state index contributed by atoms with van der Waals surface area (Å²) in [5.41, 5.74) is 0.683. The number of rotatable bonds is 1. The van der Waals surface area contributed by atoms with E-state index in [9.17, 15) is 4.79 Å². The highest BCUT2D eigenvalue weighted by molar-refractivity contribution is 5.39. The van der Waals surface area contributed by atoms with Crippen LogP contribution in [0.4, 0.5) is 5.82 Å². The minimum Gasteiger partial charge on any atom is -0.372 e. The topological polar surface area (TPSA) is 57.8 Å². The standard InChI is InChI=1S/C6H9N3O/c1-4-3-5(10)8-9-6(4)7-2/h3H,1-2H3,(H,7,9)(H,8,10). The van der Waals surface area contributed by atoms with Crippen molar-refractivity contribution in [2.24, 2.45) is 0 Å². The average Bonchev–Trinajstić information content (AvgIpc) is 1.88. The predicted octanol–water partition coefficient (Wildman–Crippen LogP) is 0.120. The van der Waals surface area contributed by atoms with Crippen molar-refractivity contribution in [3.8, 4) is 0 Å². The first kappa shape index (κ1) is 6.80. The number of nitrogens with zero attached hydrogens (tertiary/aromatic N) is 1. The molecule has 0 bridgehead atoms. The second-order valence-corrected chi connectivity index (χ2v) is 2.01. The SMILES string of the molecule is CNc1n[nH]c(=O)cc1C. The molecule has 0 aliphatic heterocycles. The van der Waals surface area contributed by atoms with Crippen molar-refractivity contribution in [3.63, 3.8) is 0 Å². The van der Waals surface area contributed by atoms with Crippen LogP contribution in [0.1, 0.15) is 5.56 Å². The van der Waals surface area contributed by atoms with Crippen molar-refractivity contribution in [3.05, 3.63) is 22.0 Å². The number of aryl methyl sites for hydroxylation is 1. The van der Waals surface area contributed by atoms with Crippen LogP contribution in [0.25, 0.3) is 0 Å². The van der Waals surface area contributed by atoms with Crippen molar-refractivity contribution in [1.29, 1.82) is 0 Å². The van der Waals surface area contributed by atoms with Crippen LogP contribution >= 0.6 is 0 Å². The quantitative estimate of drug-likeness (QED) is 0.581. The minimum absolute atomic E-state index is 0.170. The Hall–Kier alpha value is -1.32. The third-order valence-electron chi connectivity index (χ3n) is 1.24. The van der Waals surface area contributed by atoms with Crippen molar-refractivity contribution < 1.29 is 0 Å². The van der Waals surface area contributed by atoms with Crippen LogP contribution in [0.5, 0.6) is 0 Å². The van der Waals surface area contributed by atoms with Crippen molar-refractivity contribution in [2.75, 3.05) is 12.4 Å². The Morgan fingerprint density at radius 3 is 2.90 bits per heavy atom. The summed E-state index contributed by atoms with van der Waals surface area (Å²) in [6.07, 6.45) is 0. The molecule has 0 saturated carbocycles. The van der Waals surface area contributed by atoms with Crippen molar-refractivity contribution in [2.45, 2.75) is 6.92 Å². The number of nitrogens with one attached hydrogen (secondary N) is 2. The maximum Gasteiger partial charge on any atom is 0.264 e. The van der Waals surface area contributed by atoms with Gasteiger partial charge in [0.1, 0.15) is 5.82 Å². The van der Waals surface area contributed by atoms with E-state index in [4.69, 9.17) is 0 Å². The molecular formula is C6H9N3O. The molecule has 0 aromatic carbocycles. The fourth-order valence-electron chi connectivity index (χ4n) is 0.750. The number of anilines is 1. The maximum atomic E-state index is 10.6. The predicted molar refractivity (Wildman–Crippen MR) is 39.1 cm³/mol. The van der Waals surface area contributed by atoms with E-state index in [1.807, 2.05) is 6.92 Å². The lowest BCUT2D eigenvalue weighted by Gasteiger charge is -1.99. The minimum atomic E-state index is -0.170. The molecule has 54 valence electrons. The van der Waals surface area contributed by atoms with E-state index in [-0.39, 0.29) is 5.56 Å². The van der Waals surface area contributed by atoms with Crippen molar-refractivity contribution in [1.82, 2.24) is 10.2 Å².